The molecule has 2 bridgehead atoms. The van der Waals surface area contributed by atoms with E-state index in [1.807, 2.05) is 20.8 Å². The summed E-state index contributed by atoms with van der Waals surface area (Å²) in [6, 6.07) is -4.39. The number of hydrogen-bond donors (Lipinski definition) is 6. The van der Waals surface area contributed by atoms with Crippen molar-refractivity contribution in [1.82, 2.24) is 26.2 Å². The van der Waals surface area contributed by atoms with Crippen LogP contribution in [0.3, 0.4) is 0 Å². The molecule has 0 spiro atoms. The van der Waals surface area contributed by atoms with Gasteiger partial charge in [0.15, 0.2) is 0 Å². The van der Waals surface area contributed by atoms with Gasteiger partial charge in [-0.1, -0.05) is 58.8 Å². The van der Waals surface area contributed by atoms with E-state index in [2.05, 4.69) is 21.3 Å². The van der Waals surface area contributed by atoms with Gasteiger partial charge in [0.25, 0.3) is 0 Å². The van der Waals surface area contributed by atoms with Crippen LogP contribution in [-0.4, -0.2) is 110 Å². The molecule has 0 aromatic carbocycles. The van der Waals surface area contributed by atoms with Gasteiger partial charge in [0.2, 0.25) is 29.5 Å². The number of carbonyl (C=O) groups excluding carboxylic acids is 5. The van der Waals surface area contributed by atoms with E-state index in [9.17, 15) is 24.0 Å². The van der Waals surface area contributed by atoms with E-state index in [-0.39, 0.29) is 43.7 Å². The largest absolute Gasteiger partial charge is 0.375 e. The summed E-state index contributed by atoms with van der Waals surface area (Å²) in [7, 11) is 1.68. The van der Waals surface area contributed by atoms with Crippen molar-refractivity contribution in [2.24, 2.45) is 41.1 Å². The highest BCUT2D eigenvalue weighted by Gasteiger charge is 2.41. The van der Waals surface area contributed by atoms with Crippen LogP contribution >= 0.6 is 0 Å². The van der Waals surface area contributed by atoms with Crippen LogP contribution in [0.25, 0.3) is 0 Å². The molecule has 4 saturated carbocycles. The van der Waals surface area contributed by atoms with Gasteiger partial charge in [-0.05, 0) is 88.4 Å². The van der Waals surface area contributed by atoms with Gasteiger partial charge in [-0.2, -0.15) is 0 Å². The Morgan fingerprint density at radius 3 is 2.04 bits per heavy atom. The summed E-state index contributed by atoms with van der Waals surface area (Å²) in [6.45, 7) is 5.54. The molecular formula is C41H71N7O7. The molecular weight excluding hydrogens is 702 g/mol. The van der Waals surface area contributed by atoms with Gasteiger partial charge in [0, 0.05) is 25.7 Å². The molecule has 0 aromatic heterocycles. The van der Waals surface area contributed by atoms with Gasteiger partial charge in [-0.3, -0.25) is 24.0 Å². The molecule has 5 aliphatic rings. The van der Waals surface area contributed by atoms with Gasteiger partial charge in [0.1, 0.15) is 24.2 Å². The maximum atomic E-state index is 14.4. The predicted molar refractivity (Wildman–Crippen MR) is 209 cm³/mol. The number of fused-ring (bicyclic) bond motifs is 2. The van der Waals surface area contributed by atoms with Crippen LogP contribution in [0.2, 0.25) is 0 Å². The lowest BCUT2D eigenvalue weighted by Crippen LogP contribution is -2.62. The van der Waals surface area contributed by atoms with Crippen LogP contribution in [0.15, 0.2) is 0 Å². The first-order valence-electron chi connectivity index (χ1n) is 21.5. The van der Waals surface area contributed by atoms with Crippen molar-refractivity contribution in [3.05, 3.63) is 0 Å². The van der Waals surface area contributed by atoms with Crippen LogP contribution in [-0.2, 0) is 33.4 Å². The minimum absolute atomic E-state index is 0.0434. The normalized spacial score (nSPS) is 38.0. The first-order chi connectivity index (χ1) is 26.4. The summed E-state index contributed by atoms with van der Waals surface area (Å²) in [4.78, 5) is 72.0. The Morgan fingerprint density at radius 1 is 0.782 bits per heavy atom. The fourth-order valence-electron chi connectivity index (χ4n) is 9.86. The highest BCUT2D eigenvalue weighted by atomic mass is 16.5. The number of amides is 5. The molecule has 10 atom stereocenters. The Labute approximate surface area is 328 Å². The third-order valence-electron chi connectivity index (χ3n) is 13.2. The Balaban J connectivity index is 1.44. The van der Waals surface area contributed by atoms with Gasteiger partial charge in [-0.25, -0.2) is 0 Å². The summed E-state index contributed by atoms with van der Waals surface area (Å²) in [5.41, 5.74) is 12.0. The lowest BCUT2D eigenvalue weighted by atomic mass is 9.77. The number of likely N-dealkylation sites (N-methyl/N-ethyl adjacent to an activating group) is 1. The first kappa shape index (κ1) is 43.3. The molecule has 0 radical (unpaired) electrons. The molecule has 0 aromatic rings. The van der Waals surface area contributed by atoms with Crippen molar-refractivity contribution < 1.29 is 33.4 Å². The highest BCUT2D eigenvalue weighted by molar-refractivity contribution is 5.96. The fraction of sp³-hybridized carbons (Fsp3) is 0.878. The fourth-order valence-corrected chi connectivity index (χ4v) is 9.86. The van der Waals surface area contributed by atoms with Crippen molar-refractivity contribution in [3.63, 3.8) is 0 Å². The summed E-state index contributed by atoms with van der Waals surface area (Å²) >= 11 is 0. The maximum Gasteiger partial charge on any atom is 0.245 e. The van der Waals surface area contributed by atoms with E-state index in [4.69, 9.17) is 20.9 Å². The van der Waals surface area contributed by atoms with E-state index in [1.165, 1.54) is 19.3 Å². The van der Waals surface area contributed by atoms with Crippen LogP contribution in [0, 0.1) is 29.6 Å². The number of rotatable bonds is 9. The van der Waals surface area contributed by atoms with Crippen LogP contribution in [0.4, 0.5) is 0 Å². The molecule has 5 rings (SSSR count). The lowest BCUT2D eigenvalue weighted by Gasteiger charge is -2.36. The SMILES string of the molecule is CCC[C@H]1C(=O)N[C@@H](C2CCCCCC2)C(=O)N[C@@H](CN)C(=O)N[C@@H](COC2CC(N)C2)C(=O)N[C@H](C)CO[C@H](CC2C[C@H]3CC[C@@H](C2)C3)[C@@H](C)C(=O)N1C. The van der Waals surface area contributed by atoms with Crippen molar-refractivity contribution in [2.75, 3.05) is 26.8 Å². The van der Waals surface area contributed by atoms with Gasteiger partial charge in [-0.15, -0.1) is 0 Å². The molecule has 8 N–H and O–H groups in total. The number of nitrogens with zero attached hydrogens (tertiary/aromatic N) is 1. The second-order valence-electron chi connectivity index (χ2n) is 17.7. The summed E-state index contributed by atoms with van der Waals surface area (Å²) in [5, 5.41) is 11.6. The molecule has 1 saturated heterocycles. The average Bonchev–Trinajstić information content (AvgIpc) is 3.30. The Hall–Kier alpha value is -2.81. The highest BCUT2D eigenvalue weighted by Crippen LogP contribution is 2.46. The molecule has 312 valence electrons. The van der Waals surface area contributed by atoms with E-state index >= 15 is 0 Å². The lowest BCUT2D eigenvalue weighted by molar-refractivity contribution is -0.147. The maximum absolute atomic E-state index is 14.4. The van der Waals surface area contributed by atoms with Gasteiger partial charge in [0.05, 0.1) is 31.3 Å². The number of nitrogens with two attached hydrogens (primary N) is 2. The zero-order chi connectivity index (χ0) is 39.6. The Morgan fingerprint density at radius 2 is 1.42 bits per heavy atom. The van der Waals surface area contributed by atoms with Crippen LogP contribution in [0.5, 0.6) is 0 Å². The Kier molecular flexibility index (Phi) is 16.2. The van der Waals surface area contributed by atoms with E-state index < -0.39 is 65.9 Å². The second-order valence-corrected chi connectivity index (χ2v) is 17.7. The van der Waals surface area contributed by atoms with E-state index in [0.29, 0.717) is 31.6 Å². The third kappa shape index (κ3) is 11.9. The van der Waals surface area contributed by atoms with Crippen molar-refractivity contribution in [2.45, 2.75) is 172 Å². The Bertz CT molecular complexity index is 1290. The number of hydrogen-bond acceptors (Lipinski definition) is 9. The molecule has 4 aliphatic carbocycles. The zero-order valence-electron chi connectivity index (χ0n) is 33.9. The molecule has 14 heteroatoms. The molecule has 1 aliphatic heterocycles. The van der Waals surface area contributed by atoms with Gasteiger partial charge >= 0.3 is 0 Å². The van der Waals surface area contributed by atoms with E-state index in [0.717, 1.165) is 69.6 Å². The second kappa shape index (κ2) is 20.6. The quantitative estimate of drug-likeness (QED) is 0.190. The average molecular weight is 774 g/mol. The minimum atomic E-state index is -1.17. The number of carbonyl (C=O) groups is 5. The first-order valence-corrected chi connectivity index (χ1v) is 21.5. The monoisotopic (exact) mass is 774 g/mol. The summed E-state index contributed by atoms with van der Waals surface area (Å²) in [6.07, 6.45) is 14.1. The molecule has 5 amide bonds. The smallest absolute Gasteiger partial charge is 0.245 e. The van der Waals surface area contributed by atoms with E-state index in [1.54, 1.807) is 11.9 Å². The molecule has 14 nitrogen and oxygen atoms in total. The topological polar surface area (TPSA) is 207 Å². The minimum Gasteiger partial charge on any atom is -0.375 e. The molecule has 5 fully saturated rings. The standard InChI is InChI=1S/C41H71N7O7/c1-5-10-34-39(51)47-36(29-11-8-6-7-9-12-29)40(52)45-32(21-42)37(49)46-33(23-54-31-19-30(43)20-31)38(50)44-24(2)22-55-35(25(3)41(53)48(34)4)18-28-16-26-13-14-27(15-26)17-28/h24-36H,5-23,42-43H2,1-4H3,(H,44,50)(H,45,52)(H,46,49)(H,47,51)/t24-,25-,26-,27+,28?,30?,31?,32+,33+,34+,35-,36+/m1/s1. The molecule has 1 unspecified atom stereocenters. The summed E-state index contributed by atoms with van der Waals surface area (Å²) < 4.78 is 12.6. The number of ether oxygens (including phenoxy) is 2. The zero-order valence-corrected chi connectivity index (χ0v) is 33.9. The third-order valence-corrected chi connectivity index (χ3v) is 13.2. The van der Waals surface area contributed by atoms with Crippen molar-refractivity contribution >= 4 is 29.5 Å². The molecule has 1 heterocycles. The van der Waals surface area contributed by atoms with Crippen LogP contribution < -0.4 is 32.7 Å². The molecule has 55 heavy (non-hydrogen) atoms. The van der Waals surface area contributed by atoms with Crippen molar-refractivity contribution in [1.29, 1.82) is 0 Å². The number of nitrogens with one attached hydrogen (secondary N) is 4. The van der Waals surface area contributed by atoms with Crippen molar-refractivity contribution in [3.8, 4) is 0 Å². The van der Waals surface area contributed by atoms with Gasteiger partial charge < -0.3 is 47.1 Å². The predicted octanol–water partition coefficient (Wildman–Crippen LogP) is 2.26. The van der Waals surface area contributed by atoms with Crippen LogP contribution in [0.1, 0.15) is 124 Å². The summed E-state index contributed by atoms with van der Waals surface area (Å²) in [5.74, 6) is -0.998.